The van der Waals surface area contributed by atoms with Gasteiger partial charge in [0, 0.05) is 13.1 Å². The summed E-state index contributed by atoms with van der Waals surface area (Å²) in [6.45, 7) is 3.86. The molecule has 0 saturated carbocycles. The highest BCUT2D eigenvalue weighted by atomic mass is 16.2. The number of carbonyl (C=O) groups excluding carboxylic acids is 3. The van der Waals surface area contributed by atoms with Crippen molar-refractivity contribution in [1.29, 1.82) is 0 Å². The van der Waals surface area contributed by atoms with Crippen LogP contribution >= 0.6 is 0 Å². The summed E-state index contributed by atoms with van der Waals surface area (Å²) in [5, 5.41) is 8.01. The summed E-state index contributed by atoms with van der Waals surface area (Å²) in [4.78, 5) is 33.6. The number of carbonyl (C=O) groups is 3. The van der Waals surface area contributed by atoms with Crippen LogP contribution in [0.2, 0.25) is 0 Å². The van der Waals surface area contributed by atoms with E-state index >= 15 is 0 Å². The van der Waals surface area contributed by atoms with Gasteiger partial charge in [-0.3, -0.25) is 19.7 Å². The van der Waals surface area contributed by atoms with Crippen LogP contribution in [0.5, 0.6) is 0 Å². The van der Waals surface area contributed by atoms with E-state index in [0.717, 1.165) is 0 Å². The van der Waals surface area contributed by atoms with Crippen molar-refractivity contribution in [3.63, 3.8) is 0 Å². The summed E-state index contributed by atoms with van der Waals surface area (Å²) in [5.41, 5.74) is 4.41. The van der Waals surface area contributed by atoms with Gasteiger partial charge in [0.05, 0.1) is 12.0 Å². The molecule has 0 radical (unpaired) electrons. The van der Waals surface area contributed by atoms with Crippen molar-refractivity contribution >= 4 is 17.7 Å². The first kappa shape index (κ1) is 13.4. The van der Waals surface area contributed by atoms with Gasteiger partial charge in [-0.15, -0.1) is 0 Å². The van der Waals surface area contributed by atoms with Gasteiger partial charge in [-0.05, 0) is 13.8 Å². The third-order valence-corrected chi connectivity index (χ3v) is 2.70. The van der Waals surface area contributed by atoms with E-state index < -0.39 is 17.4 Å². The predicted molar refractivity (Wildman–Crippen MR) is 60.8 cm³/mol. The Kier molecular flexibility index (Phi) is 4.06. The van der Waals surface area contributed by atoms with E-state index in [1.54, 1.807) is 13.8 Å². The number of rotatable bonds is 4. The first-order valence-electron chi connectivity index (χ1n) is 5.40. The van der Waals surface area contributed by atoms with E-state index in [4.69, 9.17) is 5.73 Å². The first-order chi connectivity index (χ1) is 7.83. The van der Waals surface area contributed by atoms with Gasteiger partial charge in [0.15, 0.2) is 0 Å². The molecule has 7 nitrogen and oxygen atoms in total. The molecular formula is C10H18N4O3. The average Bonchev–Trinajstić information content (AvgIpc) is 2.27. The van der Waals surface area contributed by atoms with Gasteiger partial charge in [0.1, 0.15) is 6.04 Å². The maximum absolute atomic E-state index is 11.7. The maximum atomic E-state index is 11.7. The van der Waals surface area contributed by atoms with Crippen LogP contribution in [-0.2, 0) is 14.4 Å². The predicted octanol–water partition coefficient (Wildman–Crippen LogP) is -2.30. The minimum Gasteiger partial charge on any atom is -0.369 e. The van der Waals surface area contributed by atoms with Crippen molar-refractivity contribution in [3.05, 3.63) is 0 Å². The standard InChI is InChI=1S/C10H18N4O3/c1-10(2,9(11)17)5-14-8(16)6-3-13-7(15)4-12-6/h6,12H,3-5H2,1-2H3,(H2,11,17)(H,13,15)(H,14,16). The fourth-order valence-electron chi connectivity index (χ4n) is 1.27. The molecule has 96 valence electrons. The van der Waals surface area contributed by atoms with E-state index in [2.05, 4.69) is 16.0 Å². The molecule has 17 heavy (non-hydrogen) atoms. The second-order valence-electron chi connectivity index (χ2n) is 4.70. The fourth-order valence-corrected chi connectivity index (χ4v) is 1.27. The molecule has 1 aliphatic heterocycles. The lowest BCUT2D eigenvalue weighted by atomic mass is 9.92. The molecule has 0 spiro atoms. The third kappa shape index (κ3) is 3.70. The molecule has 0 aromatic carbocycles. The molecule has 1 aliphatic rings. The zero-order valence-corrected chi connectivity index (χ0v) is 10.0. The van der Waals surface area contributed by atoms with E-state index in [0.29, 0.717) is 0 Å². The van der Waals surface area contributed by atoms with Crippen molar-refractivity contribution in [2.45, 2.75) is 19.9 Å². The Hall–Kier alpha value is -1.63. The highest BCUT2D eigenvalue weighted by Gasteiger charge is 2.28. The van der Waals surface area contributed by atoms with Gasteiger partial charge in [0.25, 0.3) is 0 Å². The molecule has 0 aliphatic carbocycles. The zero-order valence-electron chi connectivity index (χ0n) is 10.0. The number of nitrogens with one attached hydrogen (secondary N) is 3. The summed E-state index contributed by atoms with van der Waals surface area (Å²) in [7, 11) is 0. The van der Waals surface area contributed by atoms with Crippen molar-refractivity contribution < 1.29 is 14.4 Å². The van der Waals surface area contributed by atoms with Crippen LogP contribution < -0.4 is 21.7 Å². The highest BCUT2D eigenvalue weighted by Crippen LogP contribution is 2.11. The van der Waals surface area contributed by atoms with Crippen LogP contribution in [0.4, 0.5) is 0 Å². The van der Waals surface area contributed by atoms with E-state index in [9.17, 15) is 14.4 Å². The molecular weight excluding hydrogens is 224 g/mol. The molecule has 0 bridgehead atoms. The number of nitrogens with two attached hydrogens (primary N) is 1. The van der Waals surface area contributed by atoms with Crippen molar-refractivity contribution in [3.8, 4) is 0 Å². The number of hydrogen-bond acceptors (Lipinski definition) is 4. The summed E-state index contributed by atoms with van der Waals surface area (Å²) in [5.74, 6) is -0.853. The van der Waals surface area contributed by atoms with Crippen molar-refractivity contribution in [2.24, 2.45) is 11.1 Å². The van der Waals surface area contributed by atoms with Gasteiger partial charge < -0.3 is 16.4 Å². The molecule has 1 saturated heterocycles. The van der Waals surface area contributed by atoms with Gasteiger partial charge in [-0.25, -0.2) is 0 Å². The third-order valence-electron chi connectivity index (χ3n) is 2.70. The van der Waals surface area contributed by atoms with Crippen LogP contribution in [0.25, 0.3) is 0 Å². The fraction of sp³-hybridized carbons (Fsp3) is 0.700. The summed E-state index contributed by atoms with van der Waals surface area (Å²) < 4.78 is 0. The normalized spacial score (nSPS) is 20.6. The quantitative estimate of drug-likeness (QED) is 0.444. The van der Waals surface area contributed by atoms with Crippen molar-refractivity contribution in [2.75, 3.05) is 19.6 Å². The van der Waals surface area contributed by atoms with Crippen LogP contribution in [0.3, 0.4) is 0 Å². The SMILES string of the molecule is CC(C)(CNC(=O)C1CNC(=O)CN1)C(N)=O. The largest absolute Gasteiger partial charge is 0.369 e. The number of amides is 3. The maximum Gasteiger partial charge on any atom is 0.239 e. The molecule has 1 atom stereocenters. The lowest BCUT2D eigenvalue weighted by Crippen LogP contribution is -2.59. The van der Waals surface area contributed by atoms with Gasteiger partial charge >= 0.3 is 0 Å². The minimum absolute atomic E-state index is 0.122. The van der Waals surface area contributed by atoms with Crippen LogP contribution in [0, 0.1) is 5.41 Å². The lowest BCUT2D eigenvalue weighted by Gasteiger charge is -2.26. The van der Waals surface area contributed by atoms with Gasteiger partial charge in [-0.1, -0.05) is 0 Å². The summed E-state index contributed by atoms with van der Waals surface area (Å²) >= 11 is 0. The first-order valence-corrected chi connectivity index (χ1v) is 5.40. The molecule has 0 aromatic heterocycles. The number of primary amides is 1. The summed E-state index contributed by atoms with van der Waals surface area (Å²) in [6.07, 6.45) is 0. The van der Waals surface area contributed by atoms with E-state index in [1.165, 1.54) is 0 Å². The minimum atomic E-state index is -0.784. The second kappa shape index (κ2) is 5.13. The highest BCUT2D eigenvalue weighted by molar-refractivity contribution is 5.87. The van der Waals surface area contributed by atoms with Crippen molar-refractivity contribution in [1.82, 2.24) is 16.0 Å². The second-order valence-corrected chi connectivity index (χ2v) is 4.70. The molecule has 1 heterocycles. The molecule has 1 rings (SSSR count). The smallest absolute Gasteiger partial charge is 0.239 e. The Morgan fingerprint density at radius 2 is 2.18 bits per heavy atom. The molecule has 0 aromatic rings. The Balaban J connectivity index is 2.40. The van der Waals surface area contributed by atoms with Gasteiger partial charge in [-0.2, -0.15) is 0 Å². The molecule has 5 N–H and O–H groups in total. The molecule has 1 unspecified atom stereocenters. The Labute approximate surface area is 99.5 Å². The number of hydrogen-bond donors (Lipinski definition) is 4. The molecule has 7 heteroatoms. The van der Waals surface area contributed by atoms with Crippen LogP contribution in [-0.4, -0.2) is 43.4 Å². The number of piperazine rings is 1. The Morgan fingerprint density at radius 3 is 2.65 bits per heavy atom. The Bertz CT molecular complexity index is 330. The average molecular weight is 242 g/mol. The zero-order chi connectivity index (χ0) is 13.1. The van der Waals surface area contributed by atoms with E-state index in [-0.39, 0.29) is 31.4 Å². The van der Waals surface area contributed by atoms with Crippen LogP contribution in [0.1, 0.15) is 13.8 Å². The van der Waals surface area contributed by atoms with E-state index in [1.807, 2.05) is 0 Å². The summed E-state index contributed by atoms with van der Waals surface area (Å²) in [6, 6.07) is -0.462. The Morgan fingerprint density at radius 1 is 1.53 bits per heavy atom. The monoisotopic (exact) mass is 242 g/mol. The molecule has 3 amide bonds. The topological polar surface area (TPSA) is 113 Å². The molecule has 1 fully saturated rings. The lowest BCUT2D eigenvalue weighted by molar-refractivity contribution is -0.128. The van der Waals surface area contributed by atoms with Gasteiger partial charge in [0.2, 0.25) is 17.7 Å². The van der Waals surface area contributed by atoms with Crippen LogP contribution in [0.15, 0.2) is 0 Å².